The Kier molecular flexibility index (Phi) is 7.09. The average Bonchev–Trinajstić information content (AvgIpc) is 3.78. The quantitative estimate of drug-likeness (QED) is 0.240. The lowest BCUT2D eigenvalue weighted by atomic mass is 10.1. The third kappa shape index (κ3) is 5.22. The predicted molar refractivity (Wildman–Crippen MR) is 146 cm³/mol. The van der Waals surface area contributed by atoms with Gasteiger partial charge in [0.2, 0.25) is 11.3 Å². The number of halogens is 1. The summed E-state index contributed by atoms with van der Waals surface area (Å²) in [5.41, 5.74) is 1.71. The first kappa shape index (κ1) is 26.4. The van der Waals surface area contributed by atoms with Crippen molar-refractivity contribution in [2.45, 2.75) is 38.8 Å². The van der Waals surface area contributed by atoms with Crippen molar-refractivity contribution in [3.05, 3.63) is 69.8 Å². The fourth-order valence-corrected chi connectivity index (χ4v) is 5.02. The van der Waals surface area contributed by atoms with Gasteiger partial charge in [-0.25, -0.2) is 9.18 Å². The maximum atomic E-state index is 15.3. The van der Waals surface area contributed by atoms with Gasteiger partial charge in [-0.15, -0.1) is 0 Å². The number of rotatable bonds is 7. The Morgan fingerprint density at radius 3 is 2.36 bits per heavy atom. The summed E-state index contributed by atoms with van der Waals surface area (Å²) in [5, 5.41) is 24.5. The van der Waals surface area contributed by atoms with Crippen molar-refractivity contribution in [3.8, 4) is 0 Å². The first-order valence-electron chi connectivity index (χ1n) is 12.9. The second-order valence-corrected chi connectivity index (χ2v) is 10.1. The number of pyridine rings is 1. The number of hydrogen-bond acceptors (Lipinski definition) is 7. The molecule has 2 aromatic carbocycles. The lowest BCUT2D eigenvalue weighted by Crippen LogP contribution is -2.53. The number of aromatic carboxylic acids is 1. The van der Waals surface area contributed by atoms with Crippen LogP contribution in [0.3, 0.4) is 0 Å². The lowest BCUT2D eigenvalue weighted by molar-refractivity contribution is -0.120. The minimum absolute atomic E-state index is 0.0684. The van der Waals surface area contributed by atoms with Crippen molar-refractivity contribution in [2.24, 2.45) is 5.16 Å². The van der Waals surface area contributed by atoms with E-state index in [0.29, 0.717) is 48.8 Å². The normalized spacial score (nSPS) is 17.3. The molecule has 1 amide bonds. The van der Waals surface area contributed by atoms with E-state index in [0.717, 1.165) is 24.5 Å². The van der Waals surface area contributed by atoms with E-state index >= 15 is 4.39 Å². The molecule has 1 aliphatic heterocycles. The van der Waals surface area contributed by atoms with Crippen LogP contribution in [0, 0.1) is 5.82 Å². The van der Waals surface area contributed by atoms with E-state index in [9.17, 15) is 19.5 Å². The van der Waals surface area contributed by atoms with Crippen LogP contribution in [0.25, 0.3) is 10.9 Å². The van der Waals surface area contributed by atoms with Crippen molar-refractivity contribution < 1.29 is 24.3 Å². The maximum Gasteiger partial charge on any atom is 0.341 e. The number of piperazine rings is 1. The topological polar surface area (TPSA) is 127 Å². The molecule has 5 rings (SSSR count). The molecule has 11 heteroatoms. The van der Waals surface area contributed by atoms with Crippen molar-refractivity contribution in [1.82, 2.24) is 9.47 Å². The Labute approximate surface area is 223 Å². The standard InChI is InChI=1S/C28H30FN5O5/c1-16(31-39)18-3-5-19(6-4-18)30-27(36)17(2)32-9-11-33(12-10-32)25-14-24-21(13-23(25)29)26(35)22(28(37)38)15-34(24)20-7-8-20/h3-6,13-15,17,20,39H,7-12H2,1-2H3,(H,30,36)(H,37,38)/b31-16+. The Hall–Kier alpha value is -4.25. The number of carboxylic acids is 1. The first-order chi connectivity index (χ1) is 18.7. The van der Waals surface area contributed by atoms with Crippen LogP contribution in [0.15, 0.2) is 52.5 Å². The van der Waals surface area contributed by atoms with Gasteiger partial charge < -0.3 is 25.1 Å². The van der Waals surface area contributed by atoms with Crippen LogP contribution in [-0.4, -0.2) is 69.6 Å². The van der Waals surface area contributed by atoms with Crippen LogP contribution in [0.5, 0.6) is 0 Å². The Morgan fingerprint density at radius 1 is 1.10 bits per heavy atom. The van der Waals surface area contributed by atoms with E-state index in [1.165, 1.54) is 6.20 Å². The largest absolute Gasteiger partial charge is 0.477 e. The minimum atomic E-state index is -1.32. The molecule has 204 valence electrons. The number of aromatic nitrogens is 1. The van der Waals surface area contributed by atoms with E-state index in [4.69, 9.17) is 5.21 Å². The monoisotopic (exact) mass is 535 g/mol. The van der Waals surface area contributed by atoms with Crippen LogP contribution in [0.1, 0.15) is 48.7 Å². The number of oxime groups is 1. The molecule has 1 aliphatic carbocycles. The molecule has 10 nitrogen and oxygen atoms in total. The van der Waals surface area contributed by atoms with Crippen molar-refractivity contribution in [1.29, 1.82) is 0 Å². The van der Waals surface area contributed by atoms with Gasteiger partial charge in [0.1, 0.15) is 11.4 Å². The van der Waals surface area contributed by atoms with Crippen molar-refractivity contribution in [2.75, 3.05) is 36.4 Å². The van der Waals surface area contributed by atoms with Crippen molar-refractivity contribution >= 4 is 39.9 Å². The molecule has 3 aromatic rings. The molecule has 39 heavy (non-hydrogen) atoms. The molecule has 1 aromatic heterocycles. The Morgan fingerprint density at radius 2 is 1.77 bits per heavy atom. The van der Waals surface area contributed by atoms with Gasteiger partial charge in [-0.1, -0.05) is 17.3 Å². The Balaban J connectivity index is 1.29. The summed E-state index contributed by atoms with van der Waals surface area (Å²) in [4.78, 5) is 41.1. The number of amides is 1. The van der Waals surface area contributed by atoms with Gasteiger partial charge in [0, 0.05) is 49.5 Å². The number of hydrogen-bond donors (Lipinski definition) is 3. The molecule has 2 aliphatic rings. The number of carboxylic acid groups (broad SMARTS) is 1. The number of carbonyl (C=O) groups excluding carboxylic acids is 1. The number of nitrogens with one attached hydrogen (secondary N) is 1. The molecule has 3 N–H and O–H groups in total. The van der Waals surface area contributed by atoms with E-state index in [-0.39, 0.29) is 22.9 Å². The average molecular weight is 536 g/mol. The van der Waals surface area contributed by atoms with Crippen molar-refractivity contribution in [3.63, 3.8) is 0 Å². The van der Waals surface area contributed by atoms with E-state index in [2.05, 4.69) is 10.5 Å². The number of anilines is 2. The predicted octanol–water partition coefficient (Wildman–Crippen LogP) is 3.52. The van der Waals surface area contributed by atoms with Gasteiger partial charge in [-0.3, -0.25) is 14.5 Å². The molecule has 1 saturated carbocycles. The third-order valence-electron chi connectivity index (χ3n) is 7.57. The first-order valence-corrected chi connectivity index (χ1v) is 12.9. The number of nitrogens with zero attached hydrogens (tertiary/aromatic N) is 4. The second-order valence-electron chi connectivity index (χ2n) is 10.1. The van der Waals surface area contributed by atoms with Crippen LogP contribution >= 0.6 is 0 Å². The van der Waals surface area contributed by atoms with Gasteiger partial charge in [0.05, 0.1) is 23.0 Å². The summed E-state index contributed by atoms with van der Waals surface area (Å²) < 4.78 is 17.0. The van der Waals surface area contributed by atoms with Gasteiger partial charge >= 0.3 is 5.97 Å². The summed E-state index contributed by atoms with van der Waals surface area (Å²) in [6, 6.07) is 9.50. The fraction of sp³-hybridized carbons (Fsp3) is 0.357. The zero-order valence-corrected chi connectivity index (χ0v) is 21.7. The van der Waals surface area contributed by atoms with E-state index in [1.54, 1.807) is 41.8 Å². The summed E-state index contributed by atoms with van der Waals surface area (Å²) in [7, 11) is 0. The molecular weight excluding hydrogens is 505 g/mol. The summed E-state index contributed by atoms with van der Waals surface area (Å²) in [6.07, 6.45) is 3.13. The molecule has 0 bridgehead atoms. The smallest absolute Gasteiger partial charge is 0.341 e. The molecule has 0 spiro atoms. The van der Waals surface area contributed by atoms with Gasteiger partial charge in [0.25, 0.3) is 0 Å². The highest BCUT2D eigenvalue weighted by molar-refractivity contribution is 5.99. The van der Waals surface area contributed by atoms with Gasteiger partial charge in [0.15, 0.2) is 0 Å². The molecule has 1 saturated heterocycles. The minimum Gasteiger partial charge on any atom is -0.477 e. The fourth-order valence-electron chi connectivity index (χ4n) is 5.02. The summed E-state index contributed by atoms with van der Waals surface area (Å²) in [5.74, 6) is -2.06. The number of carbonyl (C=O) groups is 2. The SMILES string of the molecule is C/C(=N\O)c1ccc(NC(=O)C(C)N2CCN(c3cc4c(cc3F)c(=O)c(C(=O)O)cn4C3CC3)CC2)cc1. The summed E-state index contributed by atoms with van der Waals surface area (Å²) >= 11 is 0. The Bertz CT molecular complexity index is 1520. The maximum absolute atomic E-state index is 15.3. The number of fused-ring (bicyclic) bond motifs is 1. The highest BCUT2D eigenvalue weighted by Crippen LogP contribution is 2.38. The van der Waals surface area contributed by atoms with E-state index in [1.807, 2.05) is 16.7 Å². The second kappa shape index (κ2) is 10.5. The van der Waals surface area contributed by atoms with Crippen LogP contribution in [0.2, 0.25) is 0 Å². The van der Waals surface area contributed by atoms with E-state index < -0.39 is 23.3 Å². The highest BCUT2D eigenvalue weighted by atomic mass is 19.1. The zero-order chi connectivity index (χ0) is 27.8. The van der Waals surface area contributed by atoms with Gasteiger partial charge in [-0.2, -0.15) is 0 Å². The van der Waals surface area contributed by atoms with Gasteiger partial charge in [-0.05, 0) is 56.5 Å². The molecular formula is C28H30FN5O5. The molecule has 1 unspecified atom stereocenters. The summed E-state index contributed by atoms with van der Waals surface area (Å²) in [6.45, 7) is 5.53. The number of benzene rings is 2. The lowest BCUT2D eigenvalue weighted by Gasteiger charge is -2.38. The molecule has 2 heterocycles. The molecule has 2 fully saturated rings. The third-order valence-corrected chi connectivity index (χ3v) is 7.57. The molecule has 1 atom stereocenters. The van der Waals surface area contributed by atoms with Crippen LogP contribution in [0.4, 0.5) is 15.8 Å². The zero-order valence-electron chi connectivity index (χ0n) is 21.7. The van der Waals surface area contributed by atoms with Crippen LogP contribution < -0.4 is 15.6 Å². The highest BCUT2D eigenvalue weighted by Gasteiger charge is 2.30. The molecule has 0 radical (unpaired) electrons. The van der Waals surface area contributed by atoms with Crippen LogP contribution in [-0.2, 0) is 4.79 Å².